The molecule has 27 heavy (non-hydrogen) atoms. The molecule has 1 heterocycles. The lowest BCUT2D eigenvalue weighted by Gasteiger charge is -2.04. The molecule has 0 aliphatic rings. The SMILES string of the molecule is COc1ccc(C(=O)NCc2nc(-c3ccc(NC(C)=O)cc3)cs2)cc1. The first-order valence-corrected chi connectivity index (χ1v) is 9.18. The lowest BCUT2D eigenvalue weighted by molar-refractivity contribution is -0.114. The number of carbonyl (C=O) groups is 2. The Morgan fingerprint density at radius 2 is 1.78 bits per heavy atom. The number of nitrogens with one attached hydrogen (secondary N) is 2. The quantitative estimate of drug-likeness (QED) is 0.682. The summed E-state index contributed by atoms with van der Waals surface area (Å²) in [5, 5.41) is 8.37. The van der Waals surface area contributed by atoms with E-state index in [1.54, 1.807) is 31.4 Å². The fourth-order valence-corrected chi connectivity index (χ4v) is 3.20. The molecule has 0 atom stereocenters. The lowest BCUT2D eigenvalue weighted by atomic mass is 10.1. The van der Waals surface area contributed by atoms with E-state index in [2.05, 4.69) is 15.6 Å². The van der Waals surface area contributed by atoms with Crippen molar-refractivity contribution in [3.63, 3.8) is 0 Å². The van der Waals surface area contributed by atoms with Gasteiger partial charge in [0.25, 0.3) is 5.91 Å². The van der Waals surface area contributed by atoms with Gasteiger partial charge in [0.15, 0.2) is 0 Å². The van der Waals surface area contributed by atoms with Gasteiger partial charge in [-0.05, 0) is 36.4 Å². The fourth-order valence-electron chi connectivity index (χ4n) is 2.45. The van der Waals surface area contributed by atoms with Gasteiger partial charge in [-0.25, -0.2) is 4.98 Å². The van der Waals surface area contributed by atoms with Gasteiger partial charge in [-0.3, -0.25) is 9.59 Å². The van der Waals surface area contributed by atoms with Crippen molar-refractivity contribution < 1.29 is 14.3 Å². The predicted octanol–water partition coefficient (Wildman–Crippen LogP) is 3.71. The summed E-state index contributed by atoms with van der Waals surface area (Å²) >= 11 is 1.49. The molecule has 0 aliphatic heterocycles. The number of anilines is 1. The highest BCUT2D eigenvalue weighted by Crippen LogP contribution is 2.23. The summed E-state index contributed by atoms with van der Waals surface area (Å²) in [4.78, 5) is 27.8. The second-order valence-electron chi connectivity index (χ2n) is 5.80. The normalized spacial score (nSPS) is 10.3. The number of aromatic nitrogens is 1. The van der Waals surface area contributed by atoms with Gasteiger partial charge in [0.1, 0.15) is 10.8 Å². The van der Waals surface area contributed by atoms with Crippen LogP contribution in [0.3, 0.4) is 0 Å². The van der Waals surface area contributed by atoms with Crippen LogP contribution in [-0.2, 0) is 11.3 Å². The molecule has 0 fully saturated rings. The summed E-state index contributed by atoms with van der Waals surface area (Å²) in [5.41, 5.74) is 3.10. The Balaban J connectivity index is 1.60. The van der Waals surface area contributed by atoms with E-state index in [1.165, 1.54) is 18.3 Å². The van der Waals surface area contributed by atoms with Crippen LogP contribution in [0.5, 0.6) is 5.75 Å². The summed E-state index contributed by atoms with van der Waals surface area (Å²) in [6, 6.07) is 14.4. The molecule has 0 saturated carbocycles. The van der Waals surface area contributed by atoms with Gasteiger partial charge in [0.05, 0.1) is 19.3 Å². The van der Waals surface area contributed by atoms with Crippen molar-refractivity contribution in [2.75, 3.05) is 12.4 Å². The number of rotatable bonds is 6. The largest absolute Gasteiger partial charge is 0.497 e. The predicted molar refractivity (Wildman–Crippen MR) is 106 cm³/mol. The monoisotopic (exact) mass is 381 g/mol. The number of hydrogen-bond acceptors (Lipinski definition) is 5. The first-order valence-electron chi connectivity index (χ1n) is 8.30. The topological polar surface area (TPSA) is 80.3 Å². The Labute approximate surface area is 161 Å². The molecule has 138 valence electrons. The van der Waals surface area contributed by atoms with Crippen molar-refractivity contribution in [1.82, 2.24) is 10.3 Å². The van der Waals surface area contributed by atoms with Crippen LogP contribution >= 0.6 is 11.3 Å². The molecule has 0 radical (unpaired) electrons. The molecular formula is C20H19N3O3S. The van der Waals surface area contributed by atoms with Crippen LogP contribution in [0.2, 0.25) is 0 Å². The van der Waals surface area contributed by atoms with Crippen molar-refractivity contribution in [3.8, 4) is 17.0 Å². The van der Waals surface area contributed by atoms with Crippen LogP contribution < -0.4 is 15.4 Å². The standard InChI is InChI=1S/C20H19N3O3S/c1-13(24)22-16-7-3-14(4-8-16)18-12-27-19(23-18)11-21-20(25)15-5-9-17(26-2)10-6-15/h3-10,12H,11H2,1-2H3,(H,21,25)(H,22,24). The number of ether oxygens (including phenoxy) is 1. The zero-order valence-corrected chi connectivity index (χ0v) is 15.8. The van der Waals surface area contributed by atoms with Crippen LogP contribution in [0.4, 0.5) is 5.69 Å². The van der Waals surface area contributed by atoms with Gasteiger partial charge in [-0.2, -0.15) is 0 Å². The molecule has 3 rings (SSSR count). The number of hydrogen-bond donors (Lipinski definition) is 2. The van der Waals surface area contributed by atoms with Crippen LogP contribution in [0, 0.1) is 0 Å². The van der Waals surface area contributed by atoms with Crippen molar-refractivity contribution in [1.29, 1.82) is 0 Å². The molecule has 6 nitrogen and oxygen atoms in total. The average molecular weight is 381 g/mol. The Kier molecular flexibility index (Phi) is 5.83. The van der Waals surface area contributed by atoms with Crippen molar-refractivity contribution in [2.24, 2.45) is 0 Å². The van der Waals surface area contributed by atoms with Crippen molar-refractivity contribution in [2.45, 2.75) is 13.5 Å². The fraction of sp³-hybridized carbons (Fsp3) is 0.150. The Morgan fingerprint density at radius 3 is 2.41 bits per heavy atom. The summed E-state index contributed by atoms with van der Waals surface area (Å²) in [5.74, 6) is 0.445. The van der Waals surface area contributed by atoms with Crippen LogP contribution in [0.1, 0.15) is 22.3 Å². The second kappa shape index (κ2) is 8.46. The van der Waals surface area contributed by atoms with E-state index in [-0.39, 0.29) is 11.8 Å². The van der Waals surface area contributed by atoms with Crippen molar-refractivity contribution >= 4 is 28.8 Å². The molecule has 2 amide bonds. The van der Waals surface area contributed by atoms with Crippen molar-refractivity contribution in [3.05, 3.63) is 64.5 Å². The minimum atomic E-state index is -0.158. The van der Waals surface area contributed by atoms with Gasteiger partial charge in [-0.15, -0.1) is 11.3 Å². The maximum Gasteiger partial charge on any atom is 0.251 e. The number of methoxy groups -OCH3 is 1. The molecule has 3 aromatic rings. The van der Waals surface area contributed by atoms with Gasteiger partial charge in [0, 0.05) is 29.1 Å². The second-order valence-corrected chi connectivity index (χ2v) is 6.74. The van der Waals surface area contributed by atoms with Crippen LogP contribution in [0.15, 0.2) is 53.9 Å². The van der Waals surface area contributed by atoms with E-state index in [0.29, 0.717) is 17.9 Å². The van der Waals surface area contributed by atoms with E-state index in [1.807, 2.05) is 29.6 Å². The molecule has 0 aliphatic carbocycles. The molecule has 2 N–H and O–H groups in total. The molecule has 2 aromatic carbocycles. The average Bonchev–Trinajstić information content (AvgIpc) is 3.15. The number of carbonyl (C=O) groups excluding carboxylic acids is 2. The zero-order valence-electron chi connectivity index (χ0n) is 15.0. The summed E-state index contributed by atoms with van der Waals surface area (Å²) in [6.45, 7) is 1.83. The van der Waals surface area contributed by atoms with Gasteiger partial charge < -0.3 is 15.4 Å². The molecular weight excluding hydrogens is 362 g/mol. The van der Waals surface area contributed by atoms with E-state index in [0.717, 1.165) is 22.0 Å². The van der Waals surface area contributed by atoms with Crippen LogP contribution in [-0.4, -0.2) is 23.9 Å². The Morgan fingerprint density at radius 1 is 1.07 bits per heavy atom. The van der Waals surface area contributed by atoms with Gasteiger partial charge in [0.2, 0.25) is 5.91 Å². The highest BCUT2D eigenvalue weighted by atomic mass is 32.1. The number of benzene rings is 2. The zero-order chi connectivity index (χ0) is 19.2. The Hall–Kier alpha value is -3.19. The van der Waals surface area contributed by atoms with Gasteiger partial charge in [-0.1, -0.05) is 12.1 Å². The van der Waals surface area contributed by atoms with Crippen LogP contribution in [0.25, 0.3) is 11.3 Å². The maximum absolute atomic E-state index is 12.2. The minimum absolute atomic E-state index is 0.105. The maximum atomic E-state index is 12.2. The molecule has 0 unspecified atom stereocenters. The highest BCUT2D eigenvalue weighted by molar-refractivity contribution is 7.09. The highest BCUT2D eigenvalue weighted by Gasteiger charge is 2.09. The van der Waals surface area contributed by atoms with E-state index in [4.69, 9.17) is 4.74 Å². The first-order chi connectivity index (χ1) is 13.0. The molecule has 7 heteroatoms. The number of nitrogens with zero attached hydrogens (tertiary/aromatic N) is 1. The molecule has 1 aromatic heterocycles. The minimum Gasteiger partial charge on any atom is -0.497 e. The number of amides is 2. The summed E-state index contributed by atoms with van der Waals surface area (Å²) in [6.07, 6.45) is 0. The van der Waals surface area contributed by atoms with E-state index >= 15 is 0 Å². The Bertz CT molecular complexity index is 934. The van der Waals surface area contributed by atoms with E-state index in [9.17, 15) is 9.59 Å². The summed E-state index contributed by atoms with van der Waals surface area (Å²) in [7, 11) is 1.59. The molecule has 0 spiro atoms. The molecule has 0 bridgehead atoms. The van der Waals surface area contributed by atoms with Gasteiger partial charge >= 0.3 is 0 Å². The summed E-state index contributed by atoms with van der Waals surface area (Å²) < 4.78 is 5.09. The lowest BCUT2D eigenvalue weighted by Crippen LogP contribution is -2.22. The first kappa shape index (κ1) is 18.6. The number of thiazole rings is 1. The smallest absolute Gasteiger partial charge is 0.251 e. The van der Waals surface area contributed by atoms with E-state index < -0.39 is 0 Å². The molecule has 0 saturated heterocycles. The third kappa shape index (κ3) is 4.92. The third-order valence-corrected chi connectivity index (χ3v) is 4.65. The third-order valence-electron chi connectivity index (χ3n) is 3.81.